The van der Waals surface area contributed by atoms with Crippen LogP contribution in [0.15, 0.2) is 42.5 Å². The first-order chi connectivity index (χ1) is 9.77. The highest BCUT2D eigenvalue weighted by molar-refractivity contribution is 6.04. The summed E-state index contributed by atoms with van der Waals surface area (Å²) in [5.41, 5.74) is -1.49. The predicted molar refractivity (Wildman–Crippen MR) is 67.5 cm³/mol. The molecule has 0 saturated heterocycles. The maximum Gasteiger partial charge on any atom is 0.419 e. The molecule has 0 heterocycles. The number of carbonyl (C=O) groups is 1. The standard InChI is InChI=1S/C14H9F4NO2/c15-12-6-3-9(7-11(12)14(16,17)18)19-13(21)8-1-4-10(20)5-2-8/h1-7,20H,(H,19,21). The van der Waals surface area contributed by atoms with Crippen LogP contribution in [0, 0.1) is 5.82 Å². The van der Waals surface area contributed by atoms with E-state index < -0.39 is 23.5 Å². The van der Waals surface area contributed by atoms with Gasteiger partial charge in [0.05, 0.1) is 5.56 Å². The molecule has 0 atom stereocenters. The minimum Gasteiger partial charge on any atom is -0.508 e. The van der Waals surface area contributed by atoms with E-state index in [1.54, 1.807) is 0 Å². The summed E-state index contributed by atoms with van der Waals surface area (Å²) < 4.78 is 50.8. The maximum absolute atomic E-state index is 13.1. The number of aromatic hydroxyl groups is 1. The lowest BCUT2D eigenvalue weighted by Crippen LogP contribution is -2.14. The van der Waals surface area contributed by atoms with Crippen molar-refractivity contribution in [2.75, 3.05) is 5.32 Å². The van der Waals surface area contributed by atoms with E-state index in [2.05, 4.69) is 5.32 Å². The zero-order valence-corrected chi connectivity index (χ0v) is 10.4. The van der Waals surface area contributed by atoms with E-state index in [4.69, 9.17) is 5.11 Å². The topological polar surface area (TPSA) is 49.3 Å². The molecule has 21 heavy (non-hydrogen) atoms. The molecule has 2 N–H and O–H groups in total. The van der Waals surface area contributed by atoms with Crippen LogP contribution >= 0.6 is 0 Å². The van der Waals surface area contributed by atoms with Crippen molar-refractivity contribution < 1.29 is 27.5 Å². The summed E-state index contributed by atoms with van der Waals surface area (Å²) >= 11 is 0. The molecule has 2 rings (SSSR count). The number of benzene rings is 2. The lowest BCUT2D eigenvalue weighted by Gasteiger charge is -2.11. The Bertz CT molecular complexity index is 666. The van der Waals surface area contributed by atoms with Crippen molar-refractivity contribution in [2.45, 2.75) is 6.18 Å². The number of hydrogen-bond donors (Lipinski definition) is 2. The smallest absolute Gasteiger partial charge is 0.419 e. The van der Waals surface area contributed by atoms with Crippen LogP contribution in [0.5, 0.6) is 5.75 Å². The molecule has 0 aliphatic heterocycles. The monoisotopic (exact) mass is 299 g/mol. The average molecular weight is 299 g/mol. The van der Waals surface area contributed by atoms with E-state index in [0.717, 1.165) is 6.07 Å². The van der Waals surface area contributed by atoms with Crippen molar-refractivity contribution in [3.63, 3.8) is 0 Å². The van der Waals surface area contributed by atoms with Gasteiger partial charge < -0.3 is 10.4 Å². The fourth-order valence-corrected chi connectivity index (χ4v) is 1.64. The van der Waals surface area contributed by atoms with E-state index in [9.17, 15) is 22.4 Å². The van der Waals surface area contributed by atoms with Crippen molar-refractivity contribution in [3.8, 4) is 5.75 Å². The first-order valence-corrected chi connectivity index (χ1v) is 5.74. The second-order valence-electron chi connectivity index (χ2n) is 4.19. The van der Waals surface area contributed by atoms with Crippen LogP contribution in [0.4, 0.5) is 23.2 Å². The average Bonchev–Trinajstić information content (AvgIpc) is 2.40. The molecule has 0 aliphatic carbocycles. The molecule has 2 aromatic carbocycles. The number of halogens is 4. The van der Waals surface area contributed by atoms with Gasteiger partial charge in [-0.3, -0.25) is 4.79 Å². The van der Waals surface area contributed by atoms with Crippen LogP contribution in [0.1, 0.15) is 15.9 Å². The molecule has 0 spiro atoms. The van der Waals surface area contributed by atoms with E-state index in [1.165, 1.54) is 24.3 Å². The lowest BCUT2D eigenvalue weighted by molar-refractivity contribution is -0.139. The third-order valence-corrected chi connectivity index (χ3v) is 2.66. The number of hydrogen-bond acceptors (Lipinski definition) is 2. The third-order valence-electron chi connectivity index (χ3n) is 2.66. The van der Waals surface area contributed by atoms with Gasteiger partial charge in [-0.1, -0.05) is 0 Å². The molecule has 0 bridgehead atoms. The van der Waals surface area contributed by atoms with Crippen LogP contribution in [0.25, 0.3) is 0 Å². The van der Waals surface area contributed by atoms with E-state index >= 15 is 0 Å². The van der Waals surface area contributed by atoms with Crippen LogP contribution in [0.2, 0.25) is 0 Å². The maximum atomic E-state index is 13.1. The Morgan fingerprint density at radius 3 is 2.24 bits per heavy atom. The third kappa shape index (κ3) is 3.50. The summed E-state index contributed by atoms with van der Waals surface area (Å²) in [6.07, 6.45) is -4.84. The highest BCUT2D eigenvalue weighted by atomic mass is 19.4. The Balaban J connectivity index is 2.24. The first kappa shape index (κ1) is 14.8. The molecular formula is C14H9F4NO2. The molecule has 0 saturated carbocycles. The molecule has 3 nitrogen and oxygen atoms in total. The van der Waals surface area contributed by atoms with Crippen molar-refractivity contribution in [1.82, 2.24) is 0 Å². The molecule has 0 fully saturated rings. The number of phenols is 1. The zero-order valence-electron chi connectivity index (χ0n) is 10.4. The molecule has 1 amide bonds. The molecule has 0 radical (unpaired) electrons. The summed E-state index contributed by atoms with van der Waals surface area (Å²) in [6, 6.07) is 7.32. The Hall–Kier alpha value is -2.57. The summed E-state index contributed by atoms with van der Waals surface area (Å²) in [6.45, 7) is 0. The van der Waals surface area contributed by atoms with Crippen molar-refractivity contribution in [3.05, 3.63) is 59.4 Å². The molecule has 0 unspecified atom stereocenters. The number of nitrogens with one attached hydrogen (secondary N) is 1. The van der Waals surface area contributed by atoms with E-state index in [-0.39, 0.29) is 17.0 Å². The molecule has 110 valence electrons. The quantitative estimate of drug-likeness (QED) is 0.829. The van der Waals surface area contributed by atoms with Gasteiger partial charge in [0.15, 0.2) is 0 Å². The molecule has 2 aromatic rings. The SMILES string of the molecule is O=C(Nc1ccc(F)c(C(F)(F)F)c1)c1ccc(O)cc1. The fourth-order valence-electron chi connectivity index (χ4n) is 1.64. The summed E-state index contributed by atoms with van der Waals surface area (Å²) in [5, 5.41) is 11.3. The highest BCUT2D eigenvalue weighted by Crippen LogP contribution is 2.33. The van der Waals surface area contributed by atoms with Gasteiger partial charge in [-0.05, 0) is 42.5 Å². The second kappa shape index (κ2) is 5.43. The van der Waals surface area contributed by atoms with Gasteiger partial charge in [-0.2, -0.15) is 13.2 Å². The Morgan fingerprint density at radius 1 is 1.05 bits per heavy atom. The lowest BCUT2D eigenvalue weighted by atomic mass is 10.1. The summed E-state index contributed by atoms with van der Waals surface area (Å²) in [7, 11) is 0. The van der Waals surface area contributed by atoms with E-state index in [0.29, 0.717) is 12.1 Å². The zero-order chi connectivity index (χ0) is 15.6. The summed E-state index contributed by atoms with van der Waals surface area (Å²) in [4.78, 5) is 11.8. The van der Waals surface area contributed by atoms with Crippen LogP contribution in [0.3, 0.4) is 0 Å². The largest absolute Gasteiger partial charge is 0.508 e. The van der Waals surface area contributed by atoms with Gasteiger partial charge in [-0.25, -0.2) is 4.39 Å². The van der Waals surface area contributed by atoms with Crippen LogP contribution in [-0.4, -0.2) is 11.0 Å². The first-order valence-electron chi connectivity index (χ1n) is 5.74. The number of phenolic OH excluding ortho intramolecular Hbond substituents is 1. The number of anilines is 1. The number of amides is 1. The van der Waals surface area contributed by atoms with Gasteiger partial charge >= 0.3 is 6.18 Å². The number of alkyl halides is 3. The molecule has 7 heteroatoms. The number of carbonyl (C=O) groups excluding carboxylic acids is 1. The van der Waals surface area contributed by atoms with Crippen molar-refractivity contribution in [2.24, 2.45) is 0 Å². The predicted octanol–water partition coefficient (Wildman–Crippen LogP) is 3.80. The van der Waals surface area contributed by atoms with Crippen LogP contribution in [-0.2, 0) is 6.18 Å². The Kier molecular flexibility index (Phi) is 3.84. The van der Waals surface area contributed by atoms with Gasteiger partial charge in [0.1, 0.15) is 11.6 Å². The van der Waals surface area contributed by atoms with Crippen molar-refractivity contribution in [1.29, 1.82) is 0 Å². The van der Waals surface area contributed by atoms with Gasteiger partial charge in [0.25, 0.3) is 5.91 Å². The summed E-state index contributed by atoms with van der Waals surface area (Å²) in [5.74, 6) is -2.13. The second-order valence-corrected chi connectivity index (χ2v) is 4.19. The Labute approximate surface area is 116 Å². The fraction of sp³-hybridized carbons (Fsp3) is 0.0714. The van der Waals surface area contributed by atoms with E-state index in [1.807, 2.05) is 0 Å². The van der Waals surface area contributed by atoms with Gasteiger partial charge in [0.2, 0.25) is 0 Å². The minimum atomic E-state index is -4.84. The van der Waals surface area contributed by atoms with Crippen molar-refractivity contribution >= 4 is 11.6 Å². The molecular weight excluding hydrogens is 290 g/mol. The highest BCUT2D eigenvalue weighted by Gasteiger charge is 2.34. The number of rotatable bonds is 2. The normalized spacial score (nSPS) is 11.2. The molecule has 0 aliphatic rings. The van der Waals surface area contributed by atoms with Gasteiger partial charge in [-0.15, -0.1) is 0 Å². The minimum absolute atomic E-state index is 0.0484. The van der Waals surface area contributed by atoms with Gasteiger partial charge in [0, 0.05) is 11.3 Å². The Morgan fingerprint density at radius 2 is 1.67 bits per heavy atom. The molecule has 0 aromatic heterocycles. The van der Waals surface area contributed by atoms with Crippen LogP contribution < -0.4 is 5.32 Å².